The average molecular weight is 387 g/mol. The average Bonchev–Trinajstić information content (AvgIpc) is 3.28. The number of benzene rings is 1. The molecular formula is C21H23ClN2OS. The molecular weight excluding hydrogens is 364 g/mol. The Morgan fingerprint density at radius 1 is 1.15 bits per heavy atom. The molecule has 3 aromatic rings. The van der Waals surface area contributed by atoms with Gasteiger partial charge in [-0.1, -0.05) is 11.6 Å². The van der Waals surface area contributed by atoms with Crippen LogP contribution in [0, 0.1) is 6.92 Å². The topological polar surface area (TPSA) is 25.4 Å². The first-order chi connectivity index (χ1) is 12.7. The van der Waals surface area contributed by atoms with Gasteiger partial charge in [0.1, 0.15) is 5.75 Å². The summed E-state index contributed by atoms with van der Waals surface area (Å²) in [5.74, 6) is 0.911. The largest absolute Gasteiger partial charge is 0.494 e. The van der Waals surface area contributed by atoms with Crippen molar-refractivity contribution in [2.75, 3.05) is 26.2 Å². The van der Waals surface area contributed by atoms with E-state index in [0.29, 0.717) is 0 Å². The van der Waals surface area contributed by atoms with Gasteiger partial charge in [-0.2, -0.15) is 0 Å². The van der Waals surface area contributed by atoms with Crippen LogP contribution >= 0.6 is 22.9 Å². The van der Waals surface area contributed by atoms with E-state index in [0.717, 1.165) is 51.8 Å². The smallest absolute Gasteiger partial charge is 0.119 e. The lowest BCUT2D eigenvalue weighted by molar-refractivity contribution is 0.263. The second-order valence-corrected chi connectivity index (χ2v) is 8.50. The Balaban J connectivity index is 1.39. The maximum Gasteiger partial charge on any atom is 0.119 e. The number of aromatic nitrogens is 1. The monoisotopic (exact) mass is 386 g/mol. The van der Waals surface area contributed by atoms with Crippen LogP contribution in [0.1, 0.15) is 24.1 Å². The van der Waals surface area contributed by atoms with Gasteiger partial charge in [0.2, 0.25) is 0 Å². The molecule has 5 heteroatoms. The molecule has 4 rings (SSSR count). The molecule has 2 aromatic heterocycles. The minimum absolute atomic E-state index is 0.764. The van der Waals surface area contributed by atoms with Crippen LogP contribution < -0.4 is 4.74 Å². The summed E-state index contributed by atoms with van der Waals surface area (Å²) in [6.45, 7) is 6.48. The van der Waals surface area contributed by atoms with Crippen LogP contribution in [0.3, 0.4) is 0 Å². The van der Waals surface area contributed by atoms with Gasteiger partial charge >= 0.3 is 0 Å². The van der Waals surface area contributed by atoms with E-state index in [2.05, 4.69) is 30.0 Å². The molecule has 3 nitrogen and oxygen atoms in total. The number of fused-ring (bicyclic) bond motifs is 1. The zero-order valence-electron chi connectivity index (χ0n) is 15.0. The second kappa shape index (κ2) is 7.95. The fourth-order valence-electron chi connectivity index (χ4n) is 3.46. The molecule has 3 heterocycles. The summed E-state index contributed by atoms with van der Waals surface area (Å²) >= 11 is 8.12. The Kier molecular flexibility index (Phi) is 5.44. The molecule has 0 amide bonds. The summed E-state index contributed by atoms with van der Waals surface area (Å²) in [5.41, 5.74) is 2.93. The fourth-order valence-corrected chi connectivity index (χ4v) is 4.63. The number of hydrogen-bond acceptors (Lipinski definition) is 4. The number of ether oxygens (including phenoxy) is 1. The highest BCUT2D eigenvalue weighted by Crippen LogP contribution is 2.34. The van der Waals surface area contributed by atoms with E-state index in [1.54, 1.807) is 11.3 Å². The number of likely N-dealkylation sites (tertiary alicyclic amines) is 1. The summed E-state index contributed by atoms with van der Waals surface area (Å²) in [6.07, 6.45) is 3.77. The molecule has 1 saturated heterocycles. The zero-order valence-corrected chi connectivity index (χ0v) is 16.6. The van der Waals surface area contributed by atoms with E-state index in [1.807, 2.05) is 18.2 Å². The number of hydrogen-bond donors (Lipinski definition) is 0. The zero-order chi connectivity index (χ0) is 17.9. The molecule has 0 saturated carbocycles. The Bertz CT molecular complexity index is 885. The van der Waals surface area contributed by atoms with Crippen molar-refractivity contribution in [2.45, 2.75) is 26.2 Å². The van der Waals surface area contributed by atoms with Gasteiger partial charge in [0.15, 0.2) is 0 Å². The maximum atomic E-state index is 6.44. The third-order valence-electron chi connectivity index (χ3n) is 4.79. The van der Waals surface area contributed by atoms with Crippen molar-refractivity contribution in [1.82, 2.24) is 9.88 Å². The molecule has 0 aliphatic carbocycles. The van der Waals surface area contributed by atoms with Crippen molar-refractivity contribution < 1.29 is 4.74 Å². The van der Waals surface area contributed by atoms with E-state index < -0.39 is 0 Å². The summed E-state index contributed by atoms with van der Waals surface area (Å²) in [5, 5.41) is 0.769. The number of rotatable bonds is 6. The molecule has 1 fully saturated rings. The van der Waals surface area contributed by atoms with Crippen LogP contribution in [0.15, 0.2) is 36.4 Å². The minimum atomic E-state index is 0.764. The van der Waals surface area contributed by atoms with Crippen LogP contribution in [0.5, 0.6) is 5.75 Å². The highest BCUT2D eigenvalue weighted by atomic mass is 35.5. The fraction of sp³-hybridized carbons (Fsp3) is 0.381. The Morgan fingerprint density at radius 3 is 2.69 bits per heavy atom. The quantitative estimate of drug-likeness (QED) is 0.501. The molecule has 1 aliphatic heterocycles. The number of nitrogens with zero attached hydrogens (tertiary/aromatic N) is 2. The molecule has 0 atom stereocenters. The van der Waals surface area contributed by atoms with Gasteiger partial charge in [-0.25, -0.2) is 4.98 Å². The molecule has 0 N–H and O–H groups in total. The Labute approximate surface area is 163 Å². The molecule has 136 valence electrons. The first-order valence-electron chi connectivity index (χ1n) is 9.21. The van der Waals surface area contributed by atoms with Crippen molar-refractivity contribution in [3.8, 4) is 17.0 Å². The van der Waals surface area contributed by atoms with Crippen molar-refractivity contribution >= 4 is 33.2 Å². The number of thiophene rings is 1. The summed E-state index contributed by atoms with van der Waals surface area (Å²) < 4.78 is 6.94. The van der Waals surface area contributed by atoms with Crippen molar-refractivity contribution in [1.29, 1.82) is 0 Å². The van der Waals surface area contributed by atoms with E-state index in [9.17, 15) is 0 Å². The lowest BCUT2D eigenvalue weighted by Crippen LogP contribution is -2.21. The lowest BCUT2D eigenvalue weighted by Gasteiger charge is -2.14. The SMILES string of the molecule is Cc1cc2nc(-c3ccc(OCCCN4CCCC4)cc3)cc(Cl)c2s1. The van der Waals surface area contributed by atoms with Gasteiger partial charge in [-0.3, -0.25) is 0 Å². The Morgan fingerprint density at radius 2 is 1.92 bits per heavy atom. The second-order valence-electron chi connectivity index (χ2n) is 6.84. The summed E-state index contributed by atoms with van der Waals surface area (Å²) in [4.78, 5) is 8.50. The van der Waals surface area contributed by atoms with E-state index in [4.69, 9.17) is 21.3 Å². The normalized spacial score (nSPS) is 15.0. The van der Waals surface area contributed by atoms with E-state index >= 15 is 0 Å². The first kappa shape index (κ1) is 17.8. The number of aryl methyl sites for hydroxylation is 1. The highest BCUT2D eigenvalue weighted by Gasteiger charge is 2.11. The molecule has 26 heavy (non-hydrogen) atoms. The third kappa shape index (κ3) is 4.03. The number of pyridine rings is 1. The molecule has 1 aliphatic rings. The van der Waals surface area contributed by atoms with Gasteiger partial charge in [0.25, 0.3) is 0 Å². The van der Waals surface area contributed by atoms with Crippen LogP contribution in [0.2, 0.25) is 5.02 Å². The van der Waals surface area contributed by atoms with Crippen LogP contribution in [0.4, 0.5) is 0 Å². The van der Waals surface area contributed by atoms with Crippen molar-refractivity contribution in [3.63, 3.8) is 0 Å². The predicted molar refractivity (Wildman–Crippen MR) is 111 cm³/mol. The molecule has 0 unspecified atom stereocenters. The van der Waals surface area contributed by atoms with Gasteiger partial charge in [0.05, 0.1) is 27.5 Å². The van der Waals surface area contributed by atoms with Gasteiger partial charge in [-0.05, 0) is 75.7 Å². The first-order valence-corrected chi connectivity index (χ1v) is 10.4. The lowest BCUT2D eigenvalue weighted by atomic mass is 10.1. The summed E-state index contributed by atoms with van der Waals surface area (Å²) in [7, 11) is 0. The minimum Gasteiger partial charge on any atom is -0.494 e. The highest BCUT2D eigenvalue weighted by molar-refractivity contribution is 7.19. The molecule has 0 bridgehead atoms. The molecule has 0 radical (unpaired) electrons. The maximum absolute atomic E-state index is 6.44. The van der Waals surface area contributed by atoms with Crippen LogP contribution in [-0.2, 0) is 0 Å². The van der Waals surface area contributed by atoms with Crippen LogP contribution in [-0.4, -0.2) is 36.1 Å². The van der Waals surface area contributed by atoms with Crippen molar-refractivity contribution in [2.24, 2.45) is 0 Å². The third-order valence-corrected chi connectivity index (χ3v) is 6.28. The predicted octanol–water partition coefficient (Wildman–Crippen LogP) is 5.79. The number of halogens is 1. The van der Waals surface area contributed by atoms with Gasteiger partial charge in [0, 0.05) is 17.0 Å². The summed E-state index contributed by atoms with van der Waals surface area (Å²) in [6, 6.07) is 12.2. The molecule has 0 spiro atoms. The van der Waals surface area contributed by atoms with E-state index in [1.165, 1.54) is 30.8 Å². The Hall–Kier alpha value is -1.62. The molecule has 1 aromatic carbocycles. The van der Waals surface area contributed by atoms with Crippen molar-refractivity contribution in [3.05, 3.63) is 46.3 Å². The standard InChI is InChI=1S/C21H23ClN2OS/c1-15-13-20-21(26-15)18(22)14-19(23-20)16-5-7-17(8-6-16)25-12-4-11-24-9-2-3-10-24/h5-8,13-14H,2-4,9-12H2,1H3. The van der Waals surface area contributed by atoms with E-state index in [-0.39, 0.29) is 0 Å². The van der Waals surface area contributed by atoms with Crippen LogP contribution in [0.25, 0.3) is 21.5 Å². The van der Waals surface area contributed by atoms with Gasteiger partial charge in [-0.15, -0.1) is 11.3 Å². The van der Waals surface area contributed by atoms with Gasteiger partial charge < -0.3 is 9.64 Å².